The number of fused-ring (bicyclic) bond motifs is 1. The zero-order valence-electron chi connectivity index (χ0n) is 13.2. The third-order valence-electron chi connectivity index (χ3n) is 3.95. The smallest absolute Gasteiger partial charge is 0.300 e. The highest BCUT2D eigenvalue weighted by atomic mass is 79.9. The highest BCUT2D eigenvalue weighted by Crippen LogP contribution is 2.39. The molecule has 1 aliphatic heterocycles. The van der Waals surface area contributed by atoms with Gasteiger partial charge < -0.3 is 4.74 Å². The molecular weight excluding hydrogens is 416 g/mol. The average Bonchev–Trinajstić information content (AvgIpc) is 2.89. The van der Waals surface area contributed by atoms with Crippen LogP contribution < -0.4 is 4.74 Å². The zero-order chi connectivity index (χ0) is 17.5. The second-order valence-electron chi connectivity index (χ2n) is 5.62. The molecule has 0 aliphatic carbocycles. The van der Waals surface area contributed by atoms with Crippen LogP contribution in [0, 0.1) is 6.92 Å². The average molecular weight is 432 g/mol. The number of hydrogen-bond acceptors (Lipinski definition) is 4. The molecule has 128 valence electrons. The van der Waals surface area contributed by atoms with Crippen molar-refractivity contribution in [2.45, 2.75) is 37.9 Å². The van der Waals surface area contributed by atoms with Crippen molar-refractivity contribution in [3.05, 3.63) is 56.5 Å². The minimum atomic E-state index is -3.91. The molecule has 2 aromatic rings. The molecule has 24 heavy (non-hydrogen) atoms. The summed E-state index contributed by atoms with van der Waals surface area (Å²) in [6.07, 6.45) is 0.179. The van der Waals surface area contributed by atoms with E-state index < -0.39 is 16.4 Å². The molecule has 4 nitrogen and oxygen atoms in total. The Bertz CT molecular complexity index is 896. The van der Waals surface area contributed by atoms with Crippen LogP contribution in [0.2, 0.25) is 5.02 Å². The van der Waals surface area contributed by atoms with Gasteiger partial charge in [0.05, 0.1) is 9.37 Å². The van der Waals surface area contributed by atoms with E-state index in [0.29, 0.717) is 21.7 Å². The number of benzene rings is 2. The topological polar surface area (TPSA) is 52.6 Å². The first-order valence-electron chi connectivity index (χ1n) is 7.47. The molecule has 0 saturated heterocycles. The first-order chi connectivity index (χ1) is 11.3. The van der Waals surface area contributed by atoms with Crippen molar-refractivity contribution in [2.24, 2.45) is 0 Å². The highest BCUT2D eigenvalue weighted by Gasteiger charge is 2.31. The van der Waals surface area contributed by atoms with Crippen LogP contribution in [0.3, 0.4) is 0 Å². The summed E-state index contributed by atoms with van der Waals surface area (Å²) in [5.41, 5.74) is 2.84. The summed E-state index contributed by atoms with van der Waals surface area (Å²) in [5.74, 6) is 0.567. The molecule has 0 bridgehead atoms. The SMILES string of the molecule is CCc1cc(S(=O)(=O)OC2Cc3cc(Cl)cc(Br)c3O2)ccc1C. The first kappa shape index (κ1) is 17.7. The number of rotatable bonds is 4. The Labute approximate surface area is 155 Å². The maximum Gasteiger partial charge on any atom is 0.300 e. The van der Waals surface area contributed by atoms with Gasteiger partial charge in [-0.3, -0.25) is 0 Å². The van der Waals surface area contributed by atoms with Gasteiger partial charge in [-0.25, -0.2) is 4.18 Å². The number of hydrogen-bond donors (Lipinski definition) is 0. The summed E-state index contributed by atoms with van der Waals surface area (Å²) >= 11 is 9.37. The molecular formula is C17H16BrClO4S. The molecule has 0 N–H and O–H groups in total. The van der Waals surface area contributed by atoms with Gasteiger partial charge in [0.25, 0.3) is 10.1 Å². The fourth-order valence-electron chi connectivity index (χ4n) is 2.68. The molecule has 0 spiro atoms. The van der Waals surface area contributed by atoms with Crippen molar-refractivity contribution in [1.29, 1.82) is 0 Å². The highest BCUT2D eigenvalue weighted by molar-refractivity contribution is 9.10. The molecule has 0 amide bonds. The molecule has 0 aromatic heterocycles. The van der Waals surface area contributed by atoms with Crippen LogP contribution in [0.15, 0.2) is 39.7 Å². The predicted octanol–water partition coefficient (Wildman–Crippen LogP) is 4.64. The molecule has 1 unspecified atom stereocenters. The third kappa shape index (κ3) is 3.47. The summed E-state index contributed by atoms with van der Waals surface area (Å²) in [6, 6.07) is 8.44. The van der Waals surface area contributed by atoms with Crippen molar-refractivity contribution >= 4 is 37.6 Å². The van der Waals surface area contributed by atoms with Gasteiger partial charge in [-0.15, -0.1) is 0 Å². The Hall–Kier alpha value is -1.08. The Morgan fingerprint density at radius 3 is 2.79 bits per heavy atom. The molecule has 3 rings (SSSR count). The Balaban J connectivity index is 1.83. The largest absolute Gasteiger partial charge is 0.462 e. The molecule has 1 aliphatic rings. The third-order valence-corrected chi connectivity index (χ3v) is 6.05. The van der Waals surface area contributed by atoms with Crippen LogP contribution in [0.1, 0.15) is 23.6 Å². The quantitative estimate of drug-likeness (QED) is 0.662. The molecule has 1 atom stereocenters. The summed E-state index contributed by atoms with van der Waals surface area (Å²) in [7, 11) is -3.91. The lowest BCUT2D eigenvalue weighted by Crippen LogP contribution is -2.22. The van der Waals surface area contributed by atoms with Crippen LogP contribution >= 0.6 is 27.5 Å². The molecule has 1 heterocycles. The second kappa shape index (κ2) is 6.67. The fraction of sp³-hybridized carbons (Fsp3) is 0.294. The van der Waals surface area contributed by atoms with Gasteiger partial charge in [0.2, 0.25) is 6.29 Å². The Morgan fingerprint density at radius 2 is 2.08 bits per heavy atom. The summed E-state index contributed by atoms with van der Waals surface area (Å²) in [4.78, 5) is 0.140. The fourth-order valence-corrected chi connectivity index (χ4v) is 4.67. The van der Waals surface area contributed by atoms with Gasteiger partial charge in [0.1, 0.15) is 5.75 Å². The van der Waals surface area contributed by atoms with Gasteiger partial charge >= 0.3 is 0 Å². The van der Waals surface area contributed by atoms with Gasteiger partial charge in [-0.2, -0.15) is 8.42 Å². The summed E-state index contributed by atoms with van der Waals surface area (Å²) in [5, 5.41) is 0.554. The lowest BCUT2D eigenvalue weighted by molar-refractivity contribution is 0.0308. The van der Waals surface area contributed by atoms with E-state index in [0.717, 1.165) is 23.1 Å². The number of halogens is 2. The van der Waals surface area contributed by atoms with Gasteiger partial charge in [-0.1, -0.05) is 24.6 Å². The first-order valence-corrected chi connectivity index (χ1v) is 10.1. The van der Waals surface area contributed by atoms with Crippen molar-refractivity contribution in [3.8, 4) is 5.75 Å². The van der Waals surface area contributed by atoms with Crippen molar-refractivity contribution in [1.82, 2.24) is 0 Å². The predicted molar refractivity (Wildman–Crippen MR) is 96.1 cm³/mol. The Kier molecular flexibility index (Phi) is 4.93. The molecule has 7 heteroatoms. The van der Waals surface area contributed by atoms with Crippen LogP contribution in [0.4, 0.5) is 0 Å². The van der Waals surface area contributed by atoms with E-state index in [9.17, 15) is 8.42 Å². The van der Waals surface area contributed by atoms with E-state index in [4.69, 9.17) is 20.5 Å². The van der Waals surface area contributed by atoms with Crippen LogP contribution in [0.5, 0.6) is 5.75 Å². The maximum atomic E-state index is 12.5. The molecule has 0 saturated carbocycles. The lowest BCUT2D eigenvalue weighted by atomic mass is 10.1. The van der Waals surface area contributed by atoms with Crippen molar-refractivity contribution in [2.75, 3.05) is 0 Å². The number of aryl methyl sites for hydroxylation is 2. The van der Waals surface area contributed by atoms with E-state index >= 15 is 0 Å². The monoisotopic (exact) mass is 430 g/mol. The number of ether oxygens (including phenoxy) is 1. The molecule has 2 aromatic carbocycles. The van der Waals surface area contributed by atoms with Gasteiger partial charge in [0.15, 0.2) is 0 Å². The van der Waals surface area contributed by atoms with E-state index in [2.05, 4.69) is 15.9 Å². The standard InChI is InChI=1S/C17H16BrClO4S/c1-3-11-7-14(5-4-10(11)2)24(20,21)23-16-8-12-6-13(19)9-15(18)17(12)22-16/h4-7,9,16H,3,8H2,1-2H3. The van der Waals surface area contributed by atoms with E-state index in [1.54, 1.807) is 30.3 Å². The summed E-state index contributed by atoms with van der Waals surface area (Å²) < 4.78 is 36.7. The minimum Gasteiger partial charge on any atom is -0.462 e. The lowest BCUT2D eigenvalue weighted by Gasteiger charge is -2.13. The van der Waals surface area contributed by atoms with E-state index in [-0.39, 0.29) is 4.90 Å². The van der Waals surface area contributed by atoms with E-state index in [1.807, 2.05) is 13.8 Å². The van der Waals surface area contributed by atoms with Crippen LogP contribution in [-0.2, 0) is 27.1 Å². The van der Waals surface area contributed by atoms with Gasteiger partial charge in [0, 0.05) is 17.0 Å². The molecule has 0 fully saturated rings. The van der Waals surface area contributed by atoms with Gasteiger partial charge in [-0.05, 0) is 64.7 Å². The summed E-state index contributed by atoms with van der Waals surface area (Å²) in [6.45, 7) is 3.94. The van der Waals surface area contributed by atoms with E-state index in [1.165, 1.54) is 0 Å². The minimum absolute atomic E-state index is 0.140. The van der Waals surface area contributed by atoms with Crippen molar-refractivity contribution < 1.29 is 17.3 Å². The van der Waals surface area contributed by atoms with Crippen molar-refractivity contribution in [3.63, 3.8) is 0 Å². The second-order valence-corrected chi connectivity index (χ2v) is 8.48. The van der Waals surface area contributed by atoms with Crippen LogP contribution in [0.25, 0.3) is 0 Å². The maximum absolute atomic E-state index is 12.5. The zero-order valence-corrected chi connectivity index (χ0v) is 16.3. The normalized spacial score (nSPS) is 16.8. The van der Waals surface area contributed by atoms with Crippen LogP contribution in [-0.4, -0.2) is 14.7 Å². The molecule has 0 radical (unpaired) electrons. The Morgan fingerprint density at radius 1 is 1.33 bits per heavy atom.